The van der Waals surface area contributed by atoms with Gasteiger partial charge in [0.2, 0.25) is 0 Å². The Labute approximate surface area is 90.6 Å². The second kappa shape index (κ2) is 6.81. The number of pyridine rings is 1. The summed E-state index contributed by atoms with van der Waals surface area (Å²) in [4.78, 5) is 8.35. The van der Waals surface area contributed by atoms with Crippen molar-refractivity contribution in [3.63, 3.8) is 0 Å². The number of nitrogens with zero attached hydrogens (tertiary/aromatic N) is 2. The van der Waals surface area contributed by atoms with Crippen molar-refractivity contribution < 1.29 is 0 Å². The third-order valence-corrected chi connectivity index (χ3v) is 1.92. The molecule has 0 unspecified atom stereocenters. The summed E-state index contributed by atoms with van der Waals surface area (Å²) < 4.78 is 0. The second-order valence-corrected chi connectivity index (χ2v) is 3.26. The van der Waals surface area contributed by atoms with Gasteiger partial charge in [0, 0.05) is 31.4 Å². The Balaban J connectivity index is 2.22. The predicted molar refractivity (Wildman–Crippen MR) is 62.7 cm³/mol. The Morgan fingerprint density at radius 3 is 3.07 bits per heavy atom. The Kier molecular flexibility index (Phi) is 5.22. The standard InChI is InChI=1S/C11H18N4/c1-2-7-14-11(12)15-9-6-10-5-3-4-8-13-10/h3-5,8H,2,6-7,9H2,1H3,(H3,12,14,15). The lowest BCUT2D eigenvalue weighted by atomic mass is 10.3. The van der Waals surface area contributed by atoms with Crippen LogP contribution in [0.5, 0.6) is 0 Å². The minimum Gasteiger partial charge on any atom is -0.370 e. The molecule has 1 heterocycles. The van der Waals surface area contributed by atoms with Gasteiger partial charge in [-0.05, 0) is 18.6 Å². The molecule has 0 aliphatic rings. The molecule has 4 nitrogen and oxygen atoms in total. The van der Waals surface area contributed by atoms with Gasteiger partial charge in [-0.2, -0.15) is 0 Å². The van der Waals surface area contributed by atoms with Crippen LogP contribution in [0.3, 0.4) is 0 Å². The van der Waals surface area contributed by atoms with E-state index in [1.165, 1.54) is 0 Å². The molecule has 0 saturated heterocycles. The van der Waals surface area contributed by atoms with Crippen molar-refractivity contribution in [3.05, 3.63) is 30.1 Å². The summed E-state index contributed by atoms with van der Waals surface area (Å²) in [5, 5.41) is 3.05. The van der Waals surface area contributed by atoms with E-state index in [1.807, 2.05) is 18.2 Å². The van der Waals surface area contributed by atoms with Gasteiger partial charge in [-0.3, -0.25) is 9.98 Å². The molecular weight excluding hydrogens is 188 g/mol. The molecule has 1 aromatic heterocycles. The summed E-state index contributed by atoms with van der Waals surface area (Å²) in [6, 6.07) is 5.89. The normalized spacial score (nSPS) is 11.4. The smallest absolute Gasteiger partial charge is 0.188 e. The highest BCUT2D eigenvalue weighted by atomic mass is 15.1. The molecule has 1 aromatic rings. The van der Waals surface area contributed by atoms with E-state index >= 15 is 0 Å². The third kappa shape index (κ3) is 5.00. The number of nitrogens with one attached hydrogen (secondary N) is 1. The van der Waals surface area contributed by atoms with Crippen LogP contribution in [0.4, 0.5) is 0 Å². The fraction of sp³-hybridized carbons (Fsp3) is 0.455. The molecule has 0 saturated carbocycles. The zero-order valence-corrected chi connectivity index (χ0v) is 9.11. The summed E-state index contributed by atoms with van der Waals surface area (Å²) in [6.45, 7) is 3.63. The number of hydrogen-bond donors (Lipinski definition) is 2. The van der Waals surface area contributed by atoms with Gasteiger partial charge in [-0.25, -0.2) is 0 Å². The van der Waals surface area contributed by atoms with Crippen LogP contribution in [-0.4, -0.2) is 24.0 Å². The van der Waals surface area contributed by atoms with E-state index in [4.69, 9.17) is 5.73 Å². The van der Waals surface area contributed by atoms with Crippen LogP contribution in [0.2, 0.25) is 0 Å². The van der Waals surface area contributed by atoms with Gasteiger partial charge in [0.1, 0.15) is 0 Å². The third-order valence-electron chi connectivity index (χ3n) is 1.92. The van der Waals surface area contributed by atoms with E-state index in [0.717, 1.165) is 31.6 Å². The monoisotopic (exact) mass is 206 g/mol. The van der Waals surface area contributed by atoms with E-state index in [2.05, 4.69) is 22.2 Å². The van der Waals surface area contributed by atoms with Crippen LogP contribution in [0.1, 0.15) is 19.0 Å². The Morgan fingerprint density at radius 2 is 2.40 bits per heavy atom. The minimum atomic E-state index is 0.521. The molecule has 1 rings (SSSR count). The average molecular weight is 206 g/mol. The number of aliphatic imine (C=N–C) groups is 1. The SMILES string of the molecule is CCCN=C(N)NCCc1ccccn1. The minimum absolute atomic E-state index is 0.521. The van der Waals surface area contributed by atoms with Crippen molar-refractivity contribution >= 4 is 5.96 Å². The van der Waals surface area contributed by atoms with E-state index < -0.39 is 0 Å². The highest BCUT2D eigenvalue weighted by Crippen LogP contribution is 1.92. The maximum absolute atomic E-state index is 5.64. The number of guanidine groups is 1. The van der Waals surface area contributed by atoms with Crippen LogP contribution in [0.25, 0.3) is 0 Å². The Morgan fingerprint density at radius 1 is 1.53 bits per heavy atom. The van der Waals surface area contributed by atoms with Crippen molar-refractivity contribution in [1.82, 2.24) is 10.3 Å². The molecule has 15 heavy (non-hydrogen) atoms. The summed E-state index contributed by atoms with van der Waals surface area (Å²) >= 11 is 0. The highest BCUT2D eigenvalue weighted by Gasteiger charge is 1.93. The fourth-order valence-electron chi connectivity index (χ4n) is 1.15. The van der Waals surface area contributed by atoms with Crippen molar-refractivity contribution in [2.75, 3.05) is 13.1 Å². The van der Waals surface area contributed by atoms with Crippen LogP contribution in [-0.2, 0) is 6.42 Å². The van der Waals surface area contributed by atoms with Gasteiger partial charge in [0.05, 0.1) is 0 Å². The summed E-state index contributed by atoms with van der Waals surface area (Å²) in [7, 11) is 0. The number of hydrogen-bond acceptors (Lipinski definition) is 2. The highest BCUT2D eigenvalue weighted by molar-refractivity contribution is 5.77. The van der Waals surface area contributed by atoms with Crippen molar-refractivity contribution in [1.29, 1.82) is 0 Å². The molecule has 0 fully saturated rings. The molecule has 0 atom stereocenters. The molecule has 0 amide bonds. The first-order valence-corrected chi connectivity index (χ1v) is 5.26. The van der Waals surface area contributed by atoms with Gasteiger partial charge < -0.3 is 11.1 Å². The molecule has 0 aliphatic carbocycles. The van der Waals surface area contributed by atoms with Gasteiger partial charge >= 0.3 is 0 Å². The van der Waals surface area contributed by atoms with Gasteiger partial charge in [0.15, 0.2) is 5.96 Å². The van der Waals surface area contributed by atoms with E-state index in [1.54, 1.807) is 6.20 Å². The van der Waals surface area contributed by atoms with Crippen LogP contribution < -0.4 is 11.1 Å². The van der Waals surface area contributed by atoms with Gasteiger partial charge in [0.25, 0.3) is 0 Å². The number of aromatic nitrogens is 1. The van der Waals surface area contributed by atoms with Crippen molar-refractivity contribution in [2.24, 2.45) is 10.7 Å². The summed E-state index contributed by atoms with van der Waals surface area (Å²) in [5.74, 6) is 0.521. The molecule has 4 heteroatoms. The molecule has 3 N–H and O–H groups in total. The number of nitrogens with two attached hydrogens (primary N) is 1. The molecule has 0 bridgehead atoms. The predicted octanol–water partition coefficient (Wildman–Crippen LogP) is 0.938. The fourth-order valence-corrected chi connectivity index (χ4v) is 1.15. The first-order chi connectivity index (χ1) is 7.33. The van der Waals surface area contributed by atoms with E-state index in [9.17, 15) is 0 Å². The summed E-state index contributed by atoms with van der Waals surface area (Å²) in [5.41, 5.74) is 6.71. The Bertz CT molecular complexity index is 295. The molecule has 0 radical (unpaired) electrons. The quantitative estimate of drug-likeness (QED) is 0.556. The maximum atomic E-state index is 5.64. The van der Waals surface area contributed by atoms with Crippen molar-refractivity contribution in [2.45, 2.75) is 19.8 Å². The van der Waals surface area contributed by atoms with E-state index in [-0.39, 0.29) is 0 Å². The van der Waals surface area contributed by atoms with Crippen LogP contribution >= 0.6 is 0 Å². The topological polar surface area (TPSA) is 63.3 Å². The van der Waals surface area contributed by atoms with Crippen LogP contribution in [0.15, 0.2) is 29.4 Å². The lowest BCUT2D eigenvalue weighted by Crippen LogP contribution is -2.33. The molecular formula is C11H18N4. The molecule has 0 aliphatic heterocycles. The molecule has 0 spiro atoms. The van der Waals surface area contributed by atoms with E-state index in [0.29, 0.717) is 5.96 Å². The summed E-state index contributed by atoms with van der Waals surface area (Å²) in [6.07, 6.45) is 3.68. The largest absolute Gasteiger partial charge is 0.370 e. The van der Waals surface area contributed by atoms with Gasteiger partial charge in [-0.1, -0.05) is 13.0 Å². The van der Waals surface area contributed by atoms with Crippen molar-refractivity contribution in [3.8, 4) is 0 Å². The number of rotatable bonds is 5. The average Bonchev–Trinajstić information content (AvgIpc) is 2.28. The van der Waals surface area contributed by atoms with Gasteiger partial charge in [-0.15, -0.1) is 0 Å². The zero-order chi connectivity index (χ0) is 10.9. The lowest BCUT2D eigenvalue weighted by molar-refractivity contribution is 0.822. The second-order valence-electron chi connectivity index (χ2n) is 3.26. The molecule has 0 aromatic carbocycles. The lowest BCUT2D eigenvalue weighted by Gasteiger charge is -2.04. The first-order valence-electron chi connectivity index (χ1n) is 5.26. The Hall–Kier alpha value is -1.58. The zero-order valence-electron chi connectivity index (χ0n) is 9.11. The maximum Gasteiger partial charge on any atom is 0.188 e. The molecule has 82 valence electrons. The first kappa shape index (κ1) is 11.5. The van der Waals surface area contributed by atoms with Crippen LogP contribution in [0, 0.1) is 0 Å².